The molecule has 0 radical (unpaired) electrons. The first kappa shape index (κ1) is 21.6. The Balaban J connectivity index is 1.59. The van der Waals surface area contributed by atoms with E-state index in [1.165, 1.54) is 16.8 Å². The quantitative estimate of drug-likeness (QED) is 0.492. The molecule has 0 saturated carbocycles. The van der Waals surface area contributed by atoms with E-state index < -0.39 is 11.7 Å². The highest BCUT2D eigenvalue weighted by Gasteiger charge is 2.30. The summed E-state index contributed by atoms with van der Waals surface area (Å²) in [6, 6.07) is 11.8. The second kappa shape index (κ2) is 8.50. The molecule has 0 aliphatic rings. The van der Waals surface area contributed by atoms with Gasteiger partial charge in [0.05, 0.1) is 35.2 Å². The zero-order valence-electron chi connectivity index (χ0n) is 17.3. The maximum atomic E-state index is 12.9. The molecule has 2 aromatic heterocycles. The molecule has 4 aromatic rings. The molecule has 2 aromatic carbocycles. The van der Waals surface area contributed by atoms with Crippen molar-refractivity contribution in [2.45, 2.75) is 39.2 Å². The number of nitrogens with zero attached hydrogens (tertiary/aromatic N) is 6. The molecular weight excluding hydrogens is 423 g/mol. The smallest absolute Gasteiger partial charge is 0.309 e. The van der Waals surface area contributed by atoms with Crippen LogP contribution in [0.5, 0.6) is 0 Å². The number of fused-ring (bicyclic) bond motifs is 1. The van der Waals surface area contributed by atoms with Crippen LogP contribution in [-0.2, 0) is 19.3 Å². The lowest BCUT2D eigenvalue weighted by Crippen LogP contribution is -2.32. The summed E-state index contributed by atoms with van der Waals surface area (Å²) in [7, 11) is 0. The zero-order valence-corrected chi connectivity index (χ0v) is 17.3. The molecular formula is C21H20F3N7O. The lowest BCUT2D eigenvalue weighted by molar-refractivity contribution is -0.137. The summed E-state index contributed by atoms with van der Waals surface area (Å²) in [6.45, 7) is 4.58. The predicted molar refractivity (Wildman–Crippen MR) is 111 cm³/mol. The molecule has 2 heterocycles. The number of aromatic nitrogens is 6. The highest BCUT2D eigenvalue weighted by atomic mass is 19.4. The first-order chi connectivity index (χ1) is 15.2. The van der Waals surface area contributed by atoms with Crippen molar-refractivity contribution in [3.05, 3.63) is 76.1 Å². The monoisotopic (exact) mass is 443 g/mol. The van der Waals surface area contributed by atoms with Crippen LogP contribution in [-0.4, -0.2) is 41.1 Å². The van der Waals surface area contributed by atoms with Crippen molar-refractivity contribution in [2.75, 3.05) is 0 Å². The summed E-state index contributed by atoms with van der Waals surface area (Å²) < 4.78 is 39.9. The molecule has 0 aliphatic heterocycles. The molecule has 0 amide bonds. The number of benzene rings is 2. The normalized spacial score (nSPS) is 12.2. The van der Waals surface area contributed by atoms with E-state index in [-0.39, 0.29) is 11.6 Å². The van der Waals surface area contributed by atoms with Crippen molar-refractivity contribution in [3.63, 3.8) is 0 Å². The molecule has 166 valence electrons. The molecule has 0 aliphatic carbocycles. The number of hydrogen-bond acceptors (Lipinski definition) is 6. The van der Waals surface area contributed by atoms with Crippen LogP contribution in [0.2, 0.25) is 0 Å². The van der Waals surface area contributed by atoms with E-state index >= 15 is 0 Å². The number of rotatable bonds is 6. The van der Waals surface area contributed by atoms with Crippen LogP contribution in [0.4, 0.5) is 13.2 Å². The number of alkyl halides is 3. The average Bonchev–Trinajstić information content (AvgIpc) is 3.21. The molecule has 11 heteroatoms. The maximum Gasteiger partial charge on any atom is 0.416 e. The maximum absolute atomic E-state index is 12.9. The molecule has 4 rings (SSSR count). The van der Waals surface area contributed by atoms with E-state index in [1.54, 1.807) is 18.2 Å². The standard InChI is InChI=1S/C21H20F3N7O/c1-13(2)30(11-18-25-17-6-4-3-5-16(17)20(32)26-18)12-19-27-28-29-31(19)15-9-7-14(8-10-15)21(22,23)24/h3-10,13H,11-12H2,1-2H3,(H,25,26,32). The molecule has 1 N–H and O–H groups in total. The second-order valence-electron chi connectivity index (χ2n) is 7.58. The largest absolute Gasteiger partial charge is 0.416 e. The third-order valence-electron chi connectivity index (χ3n) is 5.06. The molecule has 0 unspecified atom stereocenters. The van der Waals surface area contributed by atoms with Crippen LogP contribution >= 0.6 is 0 Å². The van der Waals surface area contributed by atoms with Crippen LogP contribution in [0, 0.1) is 0 Å². The lowest BCUT2D eigenvalue weighted by atomic mass is 10.2. The minimum Gasteiger partial charge on any atom is -0.309 e. The van der Waals surface area contributed by atoms with Gasteiger partial charge < -0.3 is 4.98 Å². The van der Waals surface area contributed by atoms with E-state index in [4.69, 9.17) is 0 Å². The van der Waals surface area contributed by atoms with Gasteiger partial charge in [0, 0.05) is 6.04 Å². The van der Waals surface area contributed by atoms with Gasteiger partial charge in [-0.2, -0.15) is 17.9 Å². The Morgan fingerprint density at radius 2 is 1.78 bits per heavy atom. The van der Waals surface area contributed by atoms with Gasteiger partial charge in [-0.15, -0.1) is 5.10 Å². The predicted octanol–water partition coefficient (Wildman–Crippen LogP) is 3.33. The van der Waals surface area contributed by atoms with E-state index in [9.17, 15) is 18.0 Å². The molecule has 0 saturated heterocycles. The van der Waals surface area contributed by atoms with Gasteiger partial charge in [-0.1, -0.05) is 12.1 Å². The Morgan fingerprint density at radius 1 is 1.06 bits per heavy atom. The Morgan fingerprint density at radius 3 is 2.47 bits per heavy atom. The van der Waals surface area contributed by atoms with Crippen LogP contribution in [0.25, 0.3) is 16.6 Å². The molecule has 0 atom stereocenters. The Kier molecular flexibility index (Phi) is 5.74. The van der Waals surface area contributed by atoms with Gasteiger partial charge in [0.2, 0.25) is 0 Å². The van der Waals surface area contributed by atoms with Gasteiger partial charge in [0.25, 0.3) is 5.56 Å². The van der Waals surface area contributed by atoms with Gasteiger partial charge in [0.15, 0.2) is 5.82 Å². The van der Waals surface area contributed by atoms with Gasteiger partial charge in [-0.25, -0.2) is 4.98 Å². The third kappa shape index (κ3) is 4.52. The van der Waals surface area contributed by atoms with Gasteiger partial charge in [-0.3, -0.25) is 9.69 Å². The van der Waals surface area contributed by atoms with Crippen LogP contribution in [0.1, 0.15) is 31.1 Å². The number of hydrogen-bond donors (Lipinski definition) is 1. The minimum atomic E-state index is -4.42. The SMILES string of the molecule is CC(C)N(Cc1nc2ccccc2c(=O)[nH]1)Cc1nnnn1-c1ccc(C(F)(F)F)cc1. The van der Waals surface area contributed by atoms with Crippen molar-refractivity contribution < 1.29 is 13.2 Å². The second-order valence-corrected chi connectivity index (χ2v) is 7.58. The third-order valence-corrected chi connectivity index (χ3v) is 5.06. The Labute approximate surface area is 180 Å². The fraction of sp³-hybridized carbons (Fsp3) is 0.286. The van der Waals surface area contributed by atoms with Crippen molar-refractivity contribution in [2.24, 2.45) is 0 Å². The first-order valence-electron chi connectivity index (χ1n) is 9.89. The first-order valence-corrected chi connectivity index (χ1v) is 9.89. The Bertz CT molecular complexity index is 1280. The van der Waals surface area contributed by atoms with Gasteiger partial charge in [-0.05, 0) is 60.7 Å². The molecule has 32 heavy (non-hydrogen) atoms. The molecule has 0 fully saturated rings. The van der Waals surface area contributed by atoms with E-state index in [0.717, 1.165) is 12.1 Å². The number of nitrogens with one attached hydrogen (secondary N) is 1. The summed E-state index contributed by atoms with van der Waals surface area (Å²) in [5.74, 6) is 0.942. The lowest BCUT2D eigenvalue weighted by Gasteiger charge is -2.25. The number of halogens is 3. The van der Waals surface area contributed by atoms with Crippen LogP contribution in [0.3, 0.4) is 0 Å². The van der Waals surface area contributed by atoms with Crippen LogP contribution in [0.15, 0.2) is 53.3 Å². The zero-order chi connectivity index (χ0) is 22.9. The number of H-pyrrole nitrogens is 1. The Hall–Kier alpha value is -3.60. The fourth-order valence-corrected chi connectivity index (χ4v) is 3.30. The van der Waals surface area contributed by atoms with Crippen molar-refractivity contribution >= 4 is 10.9 Å². The summed E-state index contributed by atoms with van der Waals surface area (Å²) in [4.78, 5) is 21.7. The number of para-hydroxylation sites is 1. The molecule has 8 nitrogen and oxygen atoms in total. The fourth-order valence-electron chi connectivity index (χ4n) is 3.30. The van der Waals surface area contributed by atoms with Gasteiger partial charge in [0.1, 0.15) is 5.82 Å². The summed E-state index contributed by atoms with van der Waals surface area (Å²) >= 11 is 0. The van der Waals surface area contributed by atoms with Crippen molar-refractivity contribution in [3.8, 4) is 5.69 Å². The summed E-state index contributed by atoms with van der Waals surface area (Å²) in [5, 5.41) is 12.2. The number of tetrazole rings is 1. The number of aromatic amines is 1. The molecule has 0 spiro atoms. The van der Waals surface area contributed by atoms with E-state index in [1.807, 2.05) is 24.8 Å². The molecule has 0 bridgehead atoms. The average molecular weight is 443 g/mol. The topological polar surface area (TPSA) is 92.6 Å². The highest BCUT2D eigenvalue weighted by Crippen LogP contribution is 2.29. The minimum absolute atomic E-state index is 0.0459. The summed E-state index contributed by atoms with van der Waals surface area (Å²) in [5.41, 5.74) is 0.0541. The van der Waals surface area contributed by atoms with Crippen molar-refractivity contribution in [1.82, 2.24) is 35.1 Å². The van der Waals surface area contributed by atoms with E-state index in [2.05, 4.69) is 25.5 Å². The highest BCUT2D eigenvalue weighted by molar-refractivity contribution is 5.77. The summed E-state index contributed by atoms with van der Waals surface area (Å²) in [6.07, 6.45) is -4.42. The van der Waals surface area contributed by atoms with Crippen molar-refractivity contribution in [1.29, 1.82) is 0 Å². The van der Waals surface area contributed by atoms with E-state index in [0.29, 0.717) is 41.3 Å². The van der Waals surface area contributed by atoms with Gasteiger partial charge >= 0.3 is 6.18 Å². The van der Waals surface area contributed by atoms with Crippen LogP contribution < -0.4 is 5.56 Å².